The summed E-state index contributed by atoms with van der Waals surface area (Å²) in [6.07, 6.45) is 0. The molecule has 3 aromatic rings. The largest absolute Gasteiger partial charge is 0.495 e. The molecule has 0 atom stereocenters. The summed E-state index contributed by atoms with van der Waals surface area (Å²) in [6.45, 7) is 4.30. The fraction of sp³-hybridized carbons (Fsp3) is 0.238. The van der Waals surface area contributed by atoms with Gasteiger partial charge >= 0.3 is 12.0 Å². The van der Waals surface area contributed by atoms with Crippen LogP contribution in [0.2, 0.25) is 0 Å². The standard InChI is InChI=1S/C21H22N2O4/c1-4-26-20(24)18-19(15-11-7-6-8-12-15)23(21(22-18)27-5-2)16-13-9-10-14-17(16)25-3/h6-14H,4-5H2,1-3H3. The predicted octanol–water partition coefficient (Wildman–Crippen LogP) is 4.12. The third-order valence-corrected chi connectivity index (χ3v) is 3.96. The van der Waals surface area contributed by atoms with Crippen molar-refractivity contribution in [1.82, 2.24) is 9.55 Å². The number of methoxy groups -OCH3 is 1. The first-order valence-corrected chi connectivity index (χ1v) is 8.82. The van der Waals surface area contributed by atoms with Crippen molar-refractivity contribution in [2.45, 2.75) is 13.8 Å². The van der Waals surface area contributed by atoms with Crippen molar-refractivity contribution in [3.8, 4) is 28.7 Å². The molecule has 0 N–H and O–H groups in total. The van der Waals surface area contributed by atoms with Crippen molar-refractivity contribution >= 4 is 5.97 Å². The van der Waals surface area contributed by atoms with Gasteiger partial charge in [0.1, 0.15) is 5.75 Å². The molecular weight excluding hydrogens is 344 g/mol. The summed E-state index contributed by atoms with van der Waals surface area (Å²) in [5.74, 6) is 0.148. The van der Waals surface area contributed by atoms with Gasteiger partial charge in [-0.3, -0.25) is 4.57 Å². The Hall–Kier alpha value is -3.28. The van der Waals surface area contributed by atoms with Crippen LogP contribution in [0.1, 0.15) is 24.3 Å². The zero-order valence-electron chi connectivity index (χ0n) is 15.6. The van der Waals surface area contributed by atoms with E-state index in [-0.39, 0.29) is 12.3 Å². The van der Waals surface area contributed by atoms with E-state index >= 15 is 0 Å². The predicted molar refractivity (Wildman–Crippen MR) is 103 cm³/mol. The molecule has 0 aliphatic carbocycles. The van der Waals surface area contributed by atoms with Crippen LogP contribution in [0, 0.1) is 0 Å². The highest BCUT2D eigenvalue weighted by atomic mass is 16.5. The summed E-state index contributed by atoms with van der Waals surface area (Å²) in [7, 11) is 1.60. The molecule has 0 aliphatic heterocycles. The van der Waals surface area contributed by atoms with Gasteiger partial charge in [-0.1, -0.05) is 42.5 Å². The molecule has 6 heteroatoms. The molecule has 0 unspecified atom stereocenters. The number of benzene rings is 2. The molecule has 0 amide bonds. The highest BCUT2D eigenvalue weighted by Crippen LogP contribution is 2.36. The average Bonchev–Trinajstić information content (AvgIpc) is 3.08. The van der Waals surface area contributed by atoms with Gasteiger partial charge in [0.2, 0.25) is 0 Å². The molecule has 0 saturated carbocycles. The van der Waals surface area contributed by atoms with Gasteiger partial charge in [-0.25, -0.2) is 4.79 Å². The molecule has 1 aromatic heterocycles. The van der Waals surface area contributed by atoms with Crippen LogP contribution in [0.15, 0.2) is 54.6 Å². The van der Waals surface area contributed by atoms with Gasteiger partial charge in [0.25, 0.3) is 0 Å². The lowest BCUT2D eigenvalue weighted by Crippen LogP contribution is -2.08. The SMILES string of the molecule is CCOC(=O)c1nc(OCC)n(-c2ccccc2OC)c1-c1ccccc1. The molecular formula is C21H22N2O4. The fourth-order valence-corrected chi connectivity index (χ4v) is 2.87. The highest BCUT2D eigenvalue weighted by Gasteiger charge is 2.27. The first kappa shape index (κ1) is 18.5. The molecule has 27 heavy (non-hydrogen) atoms. The second kappa shape index (κ2) is 8.40. The molecule has 6 nitrogen and oxygen atoms in total. The number of carbonyl (C=O) groups excluding carboxylic acids is 1. The summed E-state index contributed by atoms with van der Waals surface area (Å²) in [5, 5.41) is 0. The van der Waals surface area contributed by atoms with Gasteiger partial charge < -0.3 is 14.2 Å². The van der Waals surface area contributed by atoms with Crippen molar-refractivity contribution in [1.29, 1.82) is 0 Å². The number of hydrogen-bond acceptors (Lipinski definition) is 5. The molecule has 1 heterocycles. The number of aromatic nitrogens is 2. The minimum absolute atomic E-state index is 0.206. The highest BCUT2D eigenvalue weighted by molar-refractivity contribution is 5.95. The Kier molecular flexibility index (Phi) is 5.76. The van der Waals surface area contributed by atoms with Gasteiger partial charge in [-0.2, -0.15) is 4.98 Å². The third-order valence-electron chi connectivity index (χ3n) is 3.96. The van der Waals surface area contributed by atoms with Crippen LogP contribution in [-0.2, 0) is 4.74 Å². The van der Waals surface area contributed by atoms with Crippen molar-refractivity contribution in [3.63, 3.8) is 0 Å². The van der Waals surface area contributed by atoms with Crippen molar-refractivity contribution in [3.05, 3.63) is 60.3 Å². The Morgan fingerprint density at radius 1 is 1.00 bits per heavy atom. The van der Waals surface area contributed by atoms with E-state index in [2.05, 4.69) is 4.98 Å². The smallest absolute Gasteiger partial charge is 0.359 e. The Morgan fingerprint density at radius 2 is 1.70 bits per heavy atom. The lowest BCUT2D eigenvalue weighted by atomic mass is 10.1. The molecule has 3 rings (SSSR count). The molecule has 0 radical (unpaired) electrons. The van der Waals surface area contributed by atoms with E-state index in [1.165, 1.54) is 0 Å². The maximum Gasteiger partial charge on any atom is 0.359 e. The van der Waals surface area contributed by atoms with Crippen LogP contribution in [-0.4, -0.2) is 35.8 Å². The Balaban J connectivity index is 2.34. The second-order valence-corrected chi connectivity index (χ2v) is 5.62. The number of hydrogen-bond donors (Lipinski definition) is 0. The summed E-state index contributed by atoms with van der Waals surface area (Å²) in [6, 6.07) is 17.4. The summed E-state index contributed by atoms with van der Waals surface area (Å²) in [4.78, 5) is 17.1. The molecule has 0 fully saturated rings. The summed E-state index contributed by atoms with van der Waals surface area (Å²) in [5.41, 5.74) is 2.36. The van der Waals surface area contributed by atoms with Crippen LogP contribution in [0.3, 0.4) is 0 Å². The summed E-state index contributed by atoms with van der Waals surface area (Å²) < 4.78 is 18.3. The van der Waals surface area contributed by atoms with Crippen LogP contribution < -0.4 is 9.47 Å². The van der Waals surface area contributed by atoms with Gasteiger partial charge in [0, 0.05) is 5.56 Å². The molecule has 0 spiro atoms. The topological polar surface area (TPSA) is 62.6 Å². The van der Waals surface area contributed by atoms with Crippen molar-refractivity contribution in [2.75, 3.05) is 20.3 Å². The number of rotatable bonds is 7. The van der Waals surface area contributed by atoms with Crippen LogP contribution in [0.5, 0.6) is 11.8 Å². The first-order chi connectivity index (χ1) is 13.2. The average molecular weight is 366 g/mol. The normalized spacial score (nSPS) is 10.5. The van der Waals surface area contributed by atoms with Crippen LogP contribution in [0.4, 0.5) is 0 Å². The maximum absolute atomic E-state index is 12.6. The lowest BCUT2D eigenvalue weighted by molar-refractivity contribution is 0.0520. The van der Waals surface area contributed by atoms with E-state index in [0.29, 0.717) is 24.1 Å². The molecule has 0 aliphatic rings. The fourth-order valence-electron chi connectivity index (χ4n) is 2.87. The van der Waals surface area contributed by atoms with E-state index in [9.17, 15) is 4.79 Å². The van der Waals surface area contributed by atoms with E-state index in [4.69, 9.17) is 14.2 Å². The zero-order chi connectivity index (χ0) is 19.2. The van der Waals surface area contributed by atoms with Gasteiger partial charge in [0.05, 0.1) is 31.7 Å². The number of imidazole rings is 1. The van der Waals surface area contributed by atoms with E-state index in [1.54, 1.807) is 18.6 Å². The maximum atomic E-state index is 12.6. The van der Waals surface area contributed by atoms with Crippen molar-refractivity contribution in [2.24, 2.45) is 0 Å². The molecule has 140 valence electrons. The second-order valence-electron chi connectivity index (χ2n) is 5.62. The van der Waals surface area contributed by atoms with E-state index in [1.807, 2.05) is 61.5 Å². The van der Waals surface area contributed by atoms with Gasteiger partial charge in [-0.15, -0.1) is 0 Å². The number of esters is 1. The van der Waals surface area contributed by atoms with Crippen LogP contribution >= 0.6 is 0 Å². The number of ether oxygens (including phenoxy) is 3. The summed E-state index contributed by atoms with van der Waals surface area (Å²) >= 11 is 0. The molecule has 0 saturated heterocycles. The lowest BCUT2D eigenvalue weighted by Gasteiger charge is -2.15. The van der Waals surface area contributed by atoms with E-state index < -0.39 is 5.97 Å². The Labute approximate surface area is 158 Å². The minimum Gasteiger partial charge on any atom is -0.495 e. The first-order valence-electron chi connectivity index (χ1n) is 8.82. The van der Waals surface area contributed by atoms with E-state index in [0.717, 1.165) is 11.3 Å². The quantitative estimate of drug-likeness (QED) is 0.589. The van der Waals surface area contributed by atoms with Gasteiger partial charge in [0.15, 0.2) is 5.69 Å². The van der Waals surface area contributed by atoms with Crippen molar-refractivity contribution < 1.29 is 19.0 Å². The zero-order valence-corrected chi connectivity index (χ0v) is 15.6. The van der Waals surface area contributed by atoms with Gasteiger partial charge in [-0.05, 0) is 26.0 Å². The molecule has 2 aromatic carbocycles. The van der Waals surface area contributed by atoms with Crippen LogP contribution in [0.25, 0.3) is 16.9 Å². The third kappa shape index (κ3) is 3.65. The minimum atomic E-state index is -0.494. The molecule has 0 bridgehead atoms. The Bertz CT molecular complexity index is 919. The monoisotopic (exact) mass is 366 g/mol. The number of para-hydroxylation sites is 2. The Morgan fingerprint density at radius 3 is 2.37 bits per heavy atom. The number of carbonyl (C=O) groups is 1. The number of nitrogens with zero attached hydrogens (tertiary/aromatic N) is 2.